The zero-order valence-electron chi connectivity index (χ0n) is 20.9. The van der Waals surface area contributed by atoms with Crippen LogP contribution in [0.15, 0.2) is 47.1 Å². The number of amides is 1. The molecule has 200 valence electrons. The Morgan fingerprint density at radius 1 is 1.18 bits per heavy atom. The molecule has 0 radical (unpaired) electrons. The number of aliphatic imine (C=N–C) groups is 1. The highest BCUT2D eigenvalue weighted by Gasteiger charge is 2.34. The van der Waals surface area contributed by atoms with Crippen molar-refractivity contribution in [3.05, 3.63) is 64.6 Å². The van der Waals surface area contributed by atoms with E-state index in [0.29, 0.717) is 45.7 Å². The maximum Gasteiger partial charge on any atom is 0.416 e. The van der Waals surface area contributed by atoms with Gasteiger partial charge in [-0.2, -0.15) is 13.2 Å². The number of alkyl halides is 3. The zero-order chi connectivity index (χ0) is 27.0. The molecule has 1 unspecified atom stereocenters. The molecule has 4 N–H and O–H groups in total. The second kappa shape index (κ2) is 10.3. The highest BCUT2D eigenvalue weighted by atomic mass is 32.1. The number of carbonyl (C=O) groups is 1. The number of benzene rings is 1. The van der Waals surface area contributed by atoms with Crippen molar-refractivity contribution in [2.75, 3.05) is 30.8 Å². The van der Waals surface area contributed by atoms with Gasteiger partial charge in [-0.25, -0.2) is 9.98 Å². The van der Waals surface area contributed by atoms with Crippen LogP contribution >= 0.6 is 12.2 Å². The number of carbonyl (C=O) groups excluding carboxylic acids is 1. The van der Waals surface area contributed by atoms with E-state index in [1.54, 1.807) is 25.3 Å². The fourth-order valence-corrected chi connectivity index (χ4v) is 5.07. The van der Waals surface area contributed by atoms with Crippen molar-refractivity contribution in [2.24, 2.45) is 4.99 Å². The van der Waals surface area contributed by atoms with Gasteiger partial charge in [0.05, 0.1) is 21.9 Å². The van der Waals surface area contributed by atoms with Crippen LogP contribution in [0.1, 0.15) is 52.6 Å². The second-order valence-corrected chi connectivity index (χ2v) is 10.3. The predicted molar refractivity (Wildman–Crippen MR) is 144 cm³/mol. The summed E-state index contributed by atoms with van der Waals surface area (Å²) in [4.78, 5) is 24.6. The van der Waals surface area contributed by atoms with Gasteiger partial charge in [-0.1, -0.05) is 18.3 Å². The number of nitrogens with one attached hydrogen (secondary N) is 4. The van der Waals surface area contributed by atoms with Gasteiger partial charge in [0.1, 0.15) is 11.7 Å². The number of nitrogens with zero attached hydrogens (tertiary/aromatic N) is 3. The lowest BCUT2D eigenvalue weighted by Crippen LogP contribution is -2.43. The summed E-state index contributed by atoms with van der Waals surface area (Å²) < 4.78 is 39.9. The number of anilines is 2. The van der Waals surface area contributed by atoms with E-state index < -0.39 is 17.8 Å². The summed E-state index contributed by atoms with van der Waals surface area (Å²) in [6, 6.07) is 6.61. The van der Waals surface area contributed by atoms with E-state index in [9.17, 15) is 18.0 Å². The number of rotatable bonds is 3. The molecule has 4 heterocycles. The fraction of sp³-hybridized carbons (Fsp3) is 0.385. The Morgan fingerprint density at radius 2 is 1.95 bits per heavy atom. The van der Waals surface area contributed by atoms with Gasteiger partial charge in [0.2, 0.25) is 5.96 Å². The van der Waals surface area contributed by atoms with Gasteiger partial charge >= 0.3 is 6.18 Å². The first-order chi connectivity index (χ1) is 18.1. The van der Waals surface area contributed by atoms with Crippen LogP contribution in [-0.2, 0) is 6.18 Å². The van der Waals surface area contributed by atoms with E-state index in [1.165, 1.54) is 6.07 Å². The third-order valence-corrected chi connectivity index (χ3v) is 7.19. The molecule has 1 amide bonds. The molecule has 1 aromatic carbocycles. The molecule has 3 aliphatic rings. The van der Waals surface area contributed by atoms with Crippen LogP contribution in [0.5, 0.6) is 0 Å². The molecule has 38 heavy (non-hydrogen) atoms. The van der Waals surface area contributed by atoms with Crippen LogP contribution in [0.25, 0.3) is 0 Å². The number of likely N-dealkylation sites (tertiary alicyclic amines) is 1. The van der Waals surface area contributed by atoms with Gasteiger partial charge in [0, 0.05) is 29.9 Å². The number of thiocarbonyl (C=S) groups is 1. The number of piperidine rings is 1. The molecular weight excluding hydrogens is 515 g/mol. The lowest BCUT2D eigenvalue weighted by atomic mass is 9.96. The van der Waals surface area contributed by atoms with Gasteiger partial charge in [-0.15, -0.1) is 0 Å². The van der Waals surface area contributed by atoms with Gasteiger partial charge in [0.25, 0.3) is 5.91 Å². The average molecular weight is 544 g/mol. The number of halogens is 3. The van der Waals surface area contributed by atoms with E-state index >= 15 is 0 Å². The lowest BCUT2D eigenvalue weighted by molar-refractivity contribution is -0.137. The van der Waals surface area contributed by atoms with Crippen molar-refractivity contribution in [2.45, 2.75) is 44.4 Å². The van der Waals surface area contributed by atoms with Crippen molar-refractivity contribution in [1.82, 2.24) is 20.5 Å². The minimum absolute atomic E-state index is 0.137. The number of fused-ring (bicyclic) bond motifs is 3. The molecule has 1 fully saturated rings. The molecule has 2 aromatic rings. The molecule has 0 bridgehead atoms. The Hall–Kier alpha value is -3.51. The minimum Gasteiger partial charge on any atom is -0.349 e. The first kappa shape index (κ1) is 26.1. The van der Waals surface area contributed by atoms with Crippen molar-refractivity contribution < 1.29 is 18.0 Å². The topological polar surface area (TPSA) is 93.7 Å². The van der Waals surface area contributed by atoms with Crippen LogP contribution in [0.2, 0.25) is 0 Å². The molecule has 1 aromatic heterocycles. The van der Waals surface area contributed by atoms with Crippen molar-refractivity contribution in [1.29, 1.82) is 0 Å². The fourth-order valence-electron chi connectivity index (χ4n) is 4.79. The summed E-state index contributed by atoms with van der Waals surface area (Å²) in [5, 5.41) is 12.3. The van der Waals surface area contributed by atoms with Gasteiger partial charge in [0.15, 0.2) is 0 Å². The third-order valence-electron chi connectivity index (χ3n) is 6.94. The number of aryl methyl sites for hydroxylation is 1. The summed E-state index contributed by atoms with van der Waals surface area (Å²) in [7, 11) is 2.07. The first-order valence-corrected chi connectivity index (χ1v) is 12.8. The summed E-state index contributed by atoms with van der Waals surface area (Å²) in [5.41, 5.74) is 2.57. The molecule has 0 saturated carbocycles. The summed E-state index contributed by atoms with van der Waals surface area (Å²) in [5.74, 6) is 0.206. The van der Waals surface area contributed by atoms with E-state index in [0.717, 1.165) is 43.6 Å². The molecule has 0 aliphatic carbocycles. The minimum atomic E-state index is -4.46. The van der Waals surface area contributed by atoms with E-state index in [2.05, 4.69) is 38.2 Å². The first-order valence-electron chi connectivity index (χ1n) is 12.3. The van der Waals surface area contributed by atoms with Crippen LogP contribution in [0.3, 0.4) is 0 Å². The quantitative estimate of drug-likeness (QED) is 0.427. The largest absolute Gasteiger partial charge is 0.416 e. The molecule has 8 nitrogen and oxygen atoms in total. The molecule has 1 atom stereocenters. The summed E-state index contributed by atoms with van der Waals surface area (Å²) >= 11 is 5.35. The van der Waals surface area contributed by atoms with Crippen LogP contribution in [-0.4, -0.2) is 52.9 Å². The SMILES string of the molecule is Cc1nc(C(=O)NC2CCN(C)CC2)ccc1NC1=NC2C(=CN1)CC(=S)Nc1cc(C(F)(F)F)ccc12. The number of hydrogen-bond donors (Lipinski definition) is 4. The van der Waals surface area contributed by atoms with Gasteiger partial charge in [-0.3, -0.25) is 4.79 Å². The molecule has 12 heteroatoms. The van der Waals surface area contributed by atoms with E-state index in [4.69, 9.17) is 17.2 Å². The van der Waals surface area contributed by atoms with Crippen molar-refractivity contribution >= 4 is 40.4 Å². The molecular formula is C26H28F3N7OS. The Kier molecular flexibility index (Phi) is 7.10. The Morgan fingerprint density at radius 3 is 2.66 bits per heavy atom. The maximum atomic E-state index is 13.3. The van der Waals surface area contributed by atoms with Crippen LogP contribution in [0.4, 0.5) is 24.5 Å². The van der Waals surface area contributed by atoms with Gasteiger partial charge < -0.3 is 26.2 Å². The van der Waals surface area contributed by atoms with Crippen LogP contribution in [0, 0.1) is 6.92 Å². The Balaban J connectivity index is 1.33. The molecule has 1 saturated heterocycles. The van der Waals surface area contributed by atoms with Crippen molar-refractivity contribution in [3.63, 3.8) is 0 Å². The Bertz CT molecular complexity index is 1330. The predicted octanol–water partition coefficient (Wildman–Crippen LogP) is 4.37. The molecule has 5 rings (SSSR count). The van der Waals surface area contributed by atoms with Gasteiger partial charge in [-0.05, 0) is 69.7 Å². The normalized spacial score (nSPS) is 20.1. The summed E-state index contributed by atoms with van der Waals surface area (Å²) in [6.45, 7) is 3.69. The van der Waals surface area contributed by atoms with E-state index in [1.807, 2.05) is 0 Å². The van der Waals surface area contributed by atoms with E-state index in [-0.39, 0.29) is 11.9 Å². The van der Waals surface area contributed by atoms with Crippen molar-refractivity contribution in [3.8, 4) is 0 Å². The number of guanidine groups is 1. The average Bonchev–Trinajstić information content (AvgIpc) is 3.00. The number of aromatic nitrogens is 1. The molecule has 0 spiro atoms. The Labute approximate surface area is 223 Å². The standard InChI is InChI=1S/C26H28F3N7OS/c1-14-19(5-6-20(31-14)24(37)32-17-7-9-36(2)10-8-17)34-25-30-13-15-11-22(38)33-21-12-16(26(27,28)29)3-4-18(21)23(15)35-25/h3-6,12-13,17,23H,7-11H2,1-2H3,(H,32,37)(H,33,38)(H2,30,34,35). The number of hydrogen-bond acceptors (Lipinski definition) is 7. The zero-order valence-corrected chi connectivity index (χ0v) is 21.8. The highest BCUT2D eigenvalue weighted by molar-refractivity contribution is 7.80. The highest BCUT2D eigenvalue weighted by Crippen LogP contribution is 2.40. The molecule has 3 aliphatic heterocycles. The summed E-state index contributed by atoms with van der Waals surface area (Å²) in [6.07, 6.45) is -0.517. The second-order valence-electron chi connectivity index (χ2n) is 9.77. The third kappa shape index (κ3) is 5.65. The monoisotopic (exact) mass is 543 g/mol. The maximum absolute atomic E-state index is 13.3. The smallest absolute Gasteiger partial charge is 0.349 e. The number of pyridine rings is 1. The van der Waals surface area contributed by atoms with Crippen LogP contribution < -0.4 is 21.3 Å². The lowest BCUT2D eigenvalue weighted by Gasteiger charge is -2.29.